The Kier molecular flexibility index (Phi) is 6.32. The topological polar surface area (TPSA) is 96.4 Å². The second kappa shape index (κ2) is 9.01. The molecule has 2 fully saturated rings. The van der Waals surface area contributed by atoms with E-state index in [0.717, 1.165) is 10.6 Å². The minimum Gasteiger partial charge on any atom is -0.459 e. The molecule has 0 aliphatic carbocycles. The van der Waals surface area contributed by atoms with Gasteiger partial charge in [-0.2, -0.15) is 5.06 Å². The number of carbonyl (C=O) groups excluding carboxylic acids is 3. The number of esters is 1. The van der Waals surface area contributed by atoms with Crippen molar-refractivity contribution in [2.75, 3.05) is 12.3 Å². The summed E-state index contributed by atoms with van der Waals surface area (Å²) in [6, 6.07) is 14.7. The first kappa shape index (κ1) is 22.4. The molecule has 8 nitrogen and oxygen atoms in total. The van der Waals surface area contributed by atoms with Crippen LogP contribution in [0.1, 0.15) is 12.5 Å². The average molecular weight is 477 g/mol. The lowest BCUT2D eigenvalue weighted by atomic mass is 9.99. The lowest BCUT2D eigenvalue weighted by molar-refractivity contribution is -0.196. The molecule has 3 atom stereocenters. The molecule has 0 aromatic heterocycles. The Bertz CT molecular complexity index is 1020. The summed E-state index contributed by atoms with van der Waals surface area (Å²) in [5.74, 6) is -1.26. The lowest BCUT2D eigenvalue weighted by Crippen LogP contribution is -2.76. The van der Waals surface area contributed by atoms with Crippen molar-refractivity contribution in [3.63, 3.8) is 0 Å². The molecule has 0 saturated carbocycles. The van der Waals surface area contributed by atoms with Gasteiger partial charge in [-0.25, -0.2) is 4.79 Å². The van der Waals surface area contributed by atoms with E-state index in [-0.39, 0.29) is 18.9 Å². The molecule has 0 radical (unpaired) electrons. The van der Waals surface area contributed by atoms with Crippen LogP contribution in [-0.4, -0.2) is 62.2 Å². The number of aliphatic hydroxyl groups is 1. The quantitative estimate of drug-likeness (QED) is 0.388. The first-order valence-electron chi connectivity index (χ1n) is 9.87. The number of β-lactam (4-membered cyclic amide) rings is 1. The molecule has 0 bridgehead atoms. The van der Waals surface area contributed by atoms with E-state index >= 15 is 0 Å². The minimum atomic E-state index is -1.82. The Balaban J connectivity index is 1.40. The standard InChI is InChI=1S/C22H21ClN2O6S/c1-14(26)25(31-17-9-7-16(23)8-10-17)18-19(27)24-12-22(29,13-32-20(18)24)21(28)30-11-15-5-3-2-4-6-15/h2-10,18,20,29H,11-13H2,1H3/t18?,20-,22?/m1/s1. The molecule has 2 amide bonds. The van der Waals surface area contributed by atoms with Crippen LogP contribution in [0.25, 0.3) is 0 Å². The van der Waals surface area contributed by atoms with Crippen molar-refractivity contribution in [2.45, 2.75) is 30.5 Å². The molecule has 4 rings (SSSR count). The van der Waals surface area contributed by atoms with Gasteiger partial charge < -0.3 is 19.6 Å². The highest BCUT2D eigenvalue weighted by molar-refractivity contribution is 8.00. The molecule has 1 N–H and O–H groups in total. The predicted molar refractivity (Wildman–Crippen MR) is 118 cm³/mol. The third-order valence-corrected chi connectivity index (χ3v) is 6.96. The van der Waals surface area contributed by atoms with Crippen LogP contribution in [0.4, 0.5) is 0 Å². The fourth-order valence-electron chi connectivity index (χ4n) is 3.53. The highest BCUT2D eigenvalue weighted by Crippen LogP contribution is 2.41. The van der Waals surface area contributed by atoms with Gasteiger partial charge in [0.05, 0.1) is 6.54 Å². The van der Waals surface area contributed by atoms with Crippen molar-refractivity contribution < 1.29 is 29.1 Å². The molecule has 168 valence electrons. The Hall–Kier alpha value is -2.75. The number of thioether (sulfide) groups is 1. The number of ether oxygens (including phenoxy) is 1. The lowest BCUT2D eigenvalue weighted by Gasteiger charge is -2.54. The van der Waals surface area contributed by atoms with E-state index in [1.54, 1.807) is 24.3 Å². The molecular weight excluding hydrogens is 456 g/mol. The van der Waals surface area contributed by atoms with Crippen LogP contribution in [0, 0.1) is 0 Å². The van der Waals surface area contributed by atoms with E-state index in [2.05, 4.69) is 0 Å². The van der Waals surface area contributed by atoms with Crippen molar-refractivity contribution in [1.29, 1.82) is 0 Å². The summed E-state index contributed by atoms with van der Waals surface area (Å²) in [6.07, 6.45) is 0. The van der Waals surface area contributed by atoms with Gasteiger partial charge in [-0.3, -0.25) is 9.59 Å². The third-order valence-electron chi connectivity index (χ3n) is 5.21. The van der Waals surface area contributed by atoms with Crippen LogP contribution < -0.4 is 4.84 Å². The number of rotatable bonds is 6. The van der Waals surface area contributed by atoms with Gasteiger partial charge in [0, 0.05) is 17.7 Å². The van der Waals surface area contributed by atoms with E-state index < -0.39 is 34.8 Å². The van der Waals surface area contributed by atoms with Crippen molar-refractivity contribution in [3.05, 3.63) is 65.2 Å². The molecule has 2 aromatic carbocycles. The van der Waals surface area contributed by atoms with Gasteiger partial charge in [0.25, 0.3) is 11.8 Å². The van der Waals surface area contributed by atoms with Gasteiger partial charge in [0.1, 0.15) is 12.0 Å². The minimum absolute atomic E-state index is 0.0261. The molecule has 2 saturated heterocycles. The van der Waals surface area contributed by atoms with Gasteiger partial charge in [0.2, 0.25) is 0 Å². The Morgan fingerprint density at radius 3 is 2.56 bits per heavy atom. The fourth-order valence-corrected chi connectivity index (χ4v) is 5.08. The number of halogens is 1. The fraction of sp³-hybridized carbons (Fsp3) is 0.318. The average Bonchev–Trinajstić information content (AvgIpc) is 2.79. The van der Waals surface area contributed by atoms with Crippen LogP contribution in [0.3, 0.4) is 0 Å². The number of hydroxylamine groups is 2. The van der Waals surface area contributed by atoms with E-state index in [1.165, 1.54) is 23.6 Å². The number of benzene rings is 2. The Morgan fingerprint density at radius 1 is 1.22 bits per heavy atom. The summed E-state index contributed by atoms with van der Waals surface area (Å²) in [4.78, 5) is 44.6. The van der Waals surface area contributed by atoms with Crippen LogP contribution in [0.5, 0.6) is 5.75 Å². The SMILES string of the molecule is CC(=O)N(Oc1ccc(Cl)cc1)C1C(=O)N2CC(O)(C(=O)OCc3ccccc3)CS[C@H]12. The maximum absolute atomic E-state index is 12.8. The molecule has 10 heteroatoms. The van der Waals surface area contributed by atoms with Crippen LogP contribution in [-0.2, 0) is 25.7 Å². The van der Waals surface area contributed by atoms with Crippen LogP contribution >= 0.6 is 23.4 Å². The zero-order chi connectivity index (χ0) is 22.9. The molecule has 32 heavy (non-hydrogen) atoms. The second-order valence-electron chi connectivity index (χ2n) is 7.60. The van der Waals surface area contributed by atoms with E-state index in [1.807, 2.05) is 30.3 Å². The van der Waals surface area contributed by atoms with E-state index in [9.17, 15) is 19.5 Å². The Morgan fingerprint density at radius 2 is 1.91 bits per heavy atom. The molecule has 0 spiro atoms. The van der Waals surface area contributed by atoms with Gasteiger partial charge in [-0.15, -0.1) is 11.8 Å². The number of hydrogen-bond acceptors (Lipinski definition) is 7. The molecular formula is C22H21ClN2O6S. The summed E-state index contributed by atoms with van der Waals surface area (Å²) < 4.78 is 5.27. The zero-order valence-electron chi connectivity index (χ0n) is 17.1. The summed E-state index contributed by atoms with van der Waals surface area (Å²) in [5.41, 5.74) is -1.03. The number of carbonyl (C=O) groups is 3. The molecule has 2 aliphatic heterocycles. The number of hydrogen-bond donors (Lipinski definition) is 1. The number of nitrogens with zero attached hydrogens (tertiary/aromatic N) is 2. The van der Waals surface area contributed by atoms with Gasteiger partial charge >= 0.3 is 5.97 Å². The molecule has 2 aromatic rings. The van der Waals surface area contributed by atoms with Gasteiger partial charge in [0.15, 0.2) is 17.4 Å². The summed E-state index contributed by atoms with van der Waals surface area (Å²) in [7, 11) is 0. The summed E-state index contributed by atoms with van der Waals surface area (Å²) >= 11 is 7.07. The van der Waals surface area contributed by atoms with Crippen LogP contribution in [0.15, 0.2) is 54.6 Å². The second-order valence-corrected chi connectivity index (χ2v) is 9.14. The summed E-state index contributed by atoms with van der Waals surface area (Å²) in [5, 5.41) is 11.9. The first-order valence-corrected chi connectivity index (χ1v) is 11.3. The van der Waals surface area contributed by atoms with E-state index in [4.69, 9.17) is 21.2 Å². The predicted octanol–water partition coefficient (Wildman–Crippen LogP) is 2.24. The normalized spacial score (nSPS) is 24.2. The molecule has 2 heterocycles. The largest absolute Gasteiger partial charge is 0.459 e. The highest BCUT2D eigenvalue weighted by atomic mass is 35.5. The maximum Gasteiger partial charge on any atom is 0.341 e. The van der Waals surface area contributed by atoms with Crippen molar-refractivity contribution in [2.24, 2.45) is 0 Å². The number of fused-ring (bicyclic) bond motifs is 1. The first-order chi connectivity index (χ1) is 15.3. The Labute approximate surface area is 194 Å². The molecule has 2 aliphatic rings. The smallest absolute Gasteiger partial charge is 0.341 e. The number of amides is 2. The monoisotopic (exact) mass is 476 g/mol. The van der Waals surface area contributed by atoms with Crippen molar-refractivity contribution in [3.8, 4) is 5.75 Å². The summed E-state index contributed by atoms with van der Waals surface area (Å²) in [6.45, 7) is 1.12. The van der Waals surface area contributed by atoms with E-state index in [0.29, 0.717) is 10.8 Å². The van der Waals surface area contributed by atoms with Gasteiger partial charge in [-0.1, -0.05) is 41.9 Å². The molecule has 2 unspecified atom stereocenters. The van der Waals surface area contributed by atoms with Gasteiger partial charge in [-0.05, 0) is 29.8 Å². The van der Waals surface area contributed by atoms with Crippen LogP contribution in [0.2, 0.25) is 5.02 Å². The maximum atomic E-state index is 12.8. The zero-order valence-corrected chi connectivity index (χ0v) is 18.7. The van der Waals surface area contributed by atoms with Crippen molar-refractivity contribution in [1.82, 2.24) is 9.96 Å². The highest BCUT2D eigenvalue weighted by Gasteiger charge is 2.60. The third kappa shape index (κ3) is 4.41. The van der Waals surface area contributed by atoms with Crippen molar-refractivity contribution >= 4 is 41.1 Å².